The van der Waals surface area contributed by atoms with E-state index in [0.717, 1.165) is 47.5 Å². The van der Waals surface area contributed by atoms with Gasteiger partial charge in [0.1, 0.15) is 5.69 Å². The van der Waals surface area contributed by atoms with Crippen molar-refractivity contribution in [2.45, 2.75) is 33.2 Å². The molecule has 3 aromatic heterocycles. The Morgan fingerprint density at radius 2 is 2.32 bits per heavy atom. The van der Waals surface area contributed by atoms with E-state index in [1.807, 2.05) is 17.8 Å². The van der Waals surface area contributed by atoms with Gasteiger partial charge in [-0.15, -0.1) is 5.10 Å². The van der Waals surface area contributed by atoms with Gasteiger partial charge in [0.2, 0.25) is 5.95 Å². The van der Waals surface area contributed by atoms with Crippen LogP contribution in [0, 0.1) is 6.92 Å². The molecular weight excluding hydrogens is 282 g/mol. The van der Waals surface area contributed by atoms with Gasteiger partial charge in [0, 0.05) is 19.2 Å². The Balaban J connectivity index is 1.86. The maximum Gasteiger partial charge on any atom is 0.256 e. The highest BCUT2D eigenvalue weighted by molar-refractivity contribution is 5.79. The molecule has 0 radical (unpaired) electrons. The van der Waals surface area contributed by atoms with Gasteiger partial charge < -0.3 is 10.1 Å². The average Bonchev–Trinajstić information content (AvgIpc) is 3.05. The number of aromatic amines is 1. The number of rotatable bonds is 1. The Kier molecular flexibility index (Phi) is 2.95. The highest BCUT2D eigenvalue weighted by Gasteiger charge is 2.18. The predicted molar refractivity (Wildman–Crippen MR) is 81.4 cm³/mol. The van der Waals surface area contributed by atoms with E-state index < -0.39 is 0 Å². The second kappa shape index (κ2) is 4.97. The van der Waals surface area contributed by atoms with E-state index in [2.05, 4.69) is 37.5 Å². The highest BCUT2D eigenvalue weighted by atomic mass is 16.5. The minimum atomic E-state index is 0.525. The minimum absolute atomic E-state index is 0.525. The molecule has 0 aromatic carbocycles. The number of aromatic nitrogens is 6. The number of nitrogens with one attached hydrogen (secondary N) is 2. The van der Waals surface area contributed by atoms with Crippen molar-refractivity contribution in [3.63, 3.8) is 0 Å². The predicted octanol–water partition coefficient (Wildman–Crippen LogP) is 1.95. The zero-order valence-electron chi connectivity index (χ0n) is 12.6. The Morgan fingerprint density at radius 3 is 3.18 bits per heavy atom. The molecule has 3 aromatic rings. The quantitative estimate of drug-likeness (QED) is 0.713. The number of ether oxygens (including phenoxy) is 1. The SMILES string of the molecule is CCc1[nH]nc2c1Nc1ncc3c(C)nn(c3n1)CCCO2. The van der Waals surface area contributed by atoms with Crippen LogP contribution in [0.15, 0.2) is 6.20 Å². The van der Waals surface area contributed by atoms with Crippen molar-refractivity contribution < 1.29 is 4.74 Å². The molecule has 4 rings (SSSR count). The zero-order chi connectivity index (χ0) is 15.1. The van der Waals surface area contributed by atoms with Gasteiger partial charge in [0.05, 0.1) is 23.4 Å². The van der Waals surface area contributed by atoms with E-state index in [1.165, 1.54) is 0 Å². The molecule has 2 N–H and O–H groups in total. The maximum absolute atomic E-state index is 5.78. The standard InChI is InChI=1S/C14H17N7O/c1-3-10-11-13(19-18-10)22-6-4-5-21-12-9(8(2)20-21)7-15-14(16-11)17-12/h7H,3-6H2,1-2H3,(H,18,19)(H,15,16,17). The third-order valence-electron chi connectivity index (χ3n) is 3.83. The molecule has 22 heavy (non-hydrogen) atoms. The number of hydrogen-bond donors (Lipinski definition) is 2. The van der Waals surface area contributed by atoms with E-state index >= 15 is 0 Å². The monoisotopic (exact) mass is 299 g/mol. The van der Waals surface area contributed by atoms with Gasteiger partial charge in [0.15, 0.2) is 5.65 Å². The summed E-state index contributed by atoms with van der Waals surface area (Å²) in [5.41, 5.74) is 3.58. The zero-order valence-corrected chi connectivity index (χ0v) is 12.6. The lowest BCUT2D eigenvalue weighted by Gasteiger charge is -2.07. The third kappa shape index (κ3) is 1.99. The number of H-pyrrole nitrogens is 1. The fourth-order valence-electron chi connectivity index (χ4n) is 2.67. The van der Waals surface area contributed by atoms with Crippen molar-refractivity contribution in [3.8, 4) is 5.88 Å². The first-order valence-corrected chi connectivity index (χ1v) is 7.43. The summed E-state index contributed by atoms with van der Waals surface area (Å²) in [6.45, 7) is 5.36. The van der Waals surface area contributed by atoms with Crippen molar-refractivity contribution in [1.29, 1.82) is 0 Å². The van der Waals surface area contributed by atoms with Crippen LogP contribution >= 0.6 is 0 Å². The molecule has 2 bridgehead atoms. The number of anilines is 2. The van der Waals surface area contributed by atoms with E-state index in [-0.39, 0.29) is 0 Å². The molecule has 0 fully saturated rings. The van der Waals surface area contributed by atoms with Crippen LogP contribution in [0.3, 0.4) is 0 Å². The van der Waals surface area contributed by atoms with Crippen LogP contribution in [0.1, 0.15) is 24.7 Å². The van der Waals surface area contributed by atoms with E-state index in [4.69, 9.17) is 4.74 Å². The summed E-state index contributed by atoms with van der Waals surface area (Å²) in [4.78, 5) is 9.00. The fourth-order valence-corrected chi connectivity index (χ4v) is 2.67. The molecule has 0 spiro atoms. The molecule has 0 aliphatic carbocycles. The summed E-state index contributed by atoms with van der Waals surface area (Å²) in [5.74, 6) is 1.09. The third-order valence-corrected chi connectivity index (χ3v) is 3.83. The van der Waals surface area contributed by atoms with Crippen LogP contribution in [-0.4, -0.2) is 36.6 Å². The van der Waals surface area contributed by atoms with E-state index in [0.29, 0.717) is 18.4 Å². The van der Waals surface area contributed by atoms with Crippen LogP contribution in [0.25, 0.3) is 11.0 Å². The van der Waals surface area contributed by atoms with Gasteiger partial charge >= 0.3 is 0 Å². The van der Waals surface area contributed by atoms with Crippen LogP contribution in [-0.2, 0) is 13.0 Å². The van der Waals surface area contributed by atoms with Crippen LogP contribution in [0.5, 0.6) is 5.88 Å². The average molecular weight is 299 g/mol. The summed E-state index contributed by atoms with van der Waals surface area (Å²) in [6.07, 6.45) is 3.47. The lowest BCUT2D eigenvalue weighted by Crippen LogP contribution is -2.06. The first-order chi connectivity index (χ1) is 10.8. The second-order valence-corrected chi connectivity index (χ2v) is 5.30. The molecule has 8 nitrogen and oxygen atoms in total. The maximum atomic E-state index is 5.78. The summed E-state index contributed by atoms with van der Waals surface area (Å²) in [5, 5.41) is 16.0. The van der Waals surface area contributed by atoms with Crippen LogP contribution in [0.4, 0.5) is 11.6 Å². The van der Waals surface area contributed by atoms with Crippen molar-refractivity contribution in [3.05, 3.63) is 17.6 Å². The Labute approximate surface area is 126 Å². The molecule has 0 unspecified atom stereocenters. The smallest absolute Gasteiger partial charge is 0.256 e. The van der Waals surface area contributed by atoms with Crippen molar-refractivity contribution in [1.82, 2.24) is 29.9 Å². The van der Waals surface area contributed by atoms with Crippen molar-refractivity contribution in [2.75, 3.05) is 11.9 Å². The molecule has 0 saturated heterocycles. The molecule has 8 heteroatoms. The minimum Gasteiger partial charge on any atom is -0.475 e. The molecule has 0 amide bonds. The first kappa shape index (κ1) is 13.1. The second-order valence-electron chi connectivity index (χ2n) is 5.30. The van der Waals surface area contributed by atoms with Gasteiger partial charge in [-0.25, -0.2) is 9.67 Å². The fraction of sp³-hybridized carbons (Fsp3) is 0.429. The first-order valence-electron chi connectivity index (χ1n) is 7.43. The molecule has 4 heterocycles. The summed E-state index contributed by atoms with van der Waals surface area (Å²) in [7, 11) is 0. The van der Waals surface area contributed by atoms with Gasteiger partial charge in [-0.05, 0) is 13.3 Å². The molecule has 0 atom stereocenters. The lowest BCUT2D eigenvalue weighted by atomic mass is 10.3. The topological polar surface area (TPSA) is 93.5 Å². The van der Waals surface area contributed by atoms with Gasteiger partial charge in [0.25, 0.3) is 5.88 Å². The van der Waals surface area contributed by atoms with Gasteiger partial charge in [-0.3, -0.25) is 5.10 Å². The van der Waals surface area contributed by atoms with Crippen molar-refractivity contribution in [2.24, 2.45) is 0 Å². The highest BCUT2D eigenvalue weighted by Crippen LogP contribution is 2.29. The molecule has 1 aliphatic heterocycles. The van der Waals surface area contributed by atoms with E-state index in [1.54, 1.807) is 0 Å². The number of fused-ring (bicyclic) bond motifs is 2. The van der Waals surface area contributed by atoms with Crippen molar-refractivity contribution >= 4 is 22.7 Å². The number of nitrogens with zero attached hydrogens (tertiary/aromatic N) is 5. The van der Waals surface area contributed by atoms with Gasteiger partial charge in [-0.2, -0.15) is 10.1 Å². The number of hydrogen-bond acceptors (Lipinski definition) is 6. The van der Waals surface area contributed by atoms with Gasteiger partial charge in [-0.1, -0.05) is 6.92 Å². The summed E-state index contributed by atoms with van der Waals surface area (Å²) in [6, 6.07) is 0. The van der Waals surface area contributed by atoms with Crippen LogP contribution < -0.4 is 10.1 Å². The molecule has 114 valence electrons. The lowest BCUT2D eigenvalue weighted by molar-refractivity contribution is 0.290. The Bertz CT molecular complexity index is 835. The molecule has 1 aliphatic rings. The largest absolute Gasteiger partial charge is 0.475 e. The van der Waals surface area contributed by atoms with Crippen LogP contribution in [0.2, 0.25) is 0 Å². The normalized spacial score (nSPS) is 14.3. The molecular formula is C14H17N7O. The summed E-state index contributed by atoms with van der Waals surface area (Å²) >= 11 is 0. The number of aryl methyl sites for hydroxylation is 3. The Morgan fingerprint density at radius 1 is 1.41 bits per heavy atom. The molecule has 0 saturated carbocycles. The summed E-state index contributed by atoms with van der Waals surface area (Å²) < 4.78 is 7.69. The Hall–Kier alpha value is -2.64. The van der Waals surface area contributed by atoms with E-state index in [9.17, 15) is 0 Å².